The first-order chi connectivity index (χ1) is 19.0. The molecule has 0 bridgehead atoms. The lowest BCUT2D eigenvalue weighted by Crippen LogP contribution is -2.46. The van der Waals surface area contributed by atoms with Crippen molar-refractivity contribution in [3.05, 3.63) is 83.2 Å². The smallest absolute Gasteiger partial charge is 0.255 e. The number of hydrogen-bond acceptors (Lipinski definition) is 6. The Labute approximate surface area is 227 Å². The lowest BCUT2D eigenvalue weighted by Gasteiger charge is -2.36. The van der Waals surface area contributed by atoms with Gasteiger partial charge < -0.3 is 15.6 Å². The molecule has 1 saturated heterocycles. The Balaban J connectivity index is 1.27. The third-order valence-corrected chi connectivity index (χ3v) is 7.93. The van der Waals surface area contributed by atoms with E-state index >= 15 is 4.39 Å². The molecule has 4 aromatic rings. The van der Waals surface area contributed by atoms with Gasteiger partial charge in [-0.3, -0.25) is 9.69 Å². The van der Waals surface area contributed by atoms with Crippen LogP contribution in [0.4, 0.5) is 15.9 Å². The zero-order chi connectivity index (χ0) is 26.9. The number of halogens is 1. The summed E-state index contributed by atoms with van der Waals surface area (Å²) in [5.74, 6) is 0.254. The van der Waals surface area contributed by atoms with Crippen LogP contribution in [0.3, 0.4) is 0 Å². The highest BCUT2D eigenvalue weighted by atomic mass is 19.1. The SMILES string of the molecule is C=CCc1cc2c(=O)[nH]ccc2cc1-c1nc(-c2ccc(N3CCN(CCC4CC4)CC3)cc2)c(F)nc1N. The fourth-order valence-electron chi connectivity index (χ4n) is 5.47. The van der Waals surface area contributed by atoms with Crippen molar-refractivity contribution >= 4 is 22.3 Å². The van der Waals surface area contributed by atoms with E-state index in [1.165, 1.54) is 25.8 Å². The second-order valence-electron chi connectivity index (χ2n) is 10.6. The van der Waals surface area contributed by atoms with Crippen LogP contribution in [-0.2, 0) is 6.42 Å². The Morgan fingerprint density at radius 2 is 1.82 bits per heavy atom. The number of piperazine rings is 1. The molecule has 3 heterocycles. The van der Waals surface area contributed by atoms with Crippen LogP contribution < -0.4 is 16.2 Å². The van der Waals surface area contributed by atoms with E-state index in [0.29, 0.717) is 28.6 Å². The van der Waals surface area contributed by atoms with Crippen molar-refractivity contribution < 1.29 is 4.39 Å². The maximum absolute atomic E-state index is 15.1. The molecule has 0 unspecified atom stereocenters. The third-order valence-electron chi connectivity index (χ3n) is 7.93. The third kappa shape index (κ3) is 5.29. The predicted octanol–water partition coefficient (Wildman–Crippen LogP) is 5.02. The second kappa shape index (κ2) is 10.6. The minimum atomic E-state index is -0.712. The normalized spacial score (nSPS) is 16.1. The number of nitrogens with one attached hydrogen (secondary N) is 1. The van der Waals surface area contributed by atoms with Gasteiger partial charge in [-0.25, -0.2) is 4.98 Å². The van der Waals surface area contributed by atoms with Crippen molar-refractivity contribution in [2.45, 2.75) is 25.7 Å². The standard InChI is InChI=1S/C31H33FN6O/c1-2-3-22-19-26-23(10-12-34-31(26)39)18-25(22)28-30(33)36-29(32)27(35-28)21-6-8-24(9-7-21)38-16-14-37(15-17-38)13-11-20-4-5-20/h2,6-10,12,18-20H,1,3-5,11,13-17H2,(H2,33,36)(H,34,39). The van der Waals surface area contributed by atoms with Gasteiger partial charge in [-0.05, 0) is 66.6 Å². The molecule has 0 atom stereocenters. The summed E-state index contributed by atoms with van der Waals surface area (Å²) in [6.45, 7) is 9.16. The van der Waals surface area contributed by atoms with Crippen molar-refractivity contribution in [3.63, 3.8) is 0 Å². The van der Waals surface area contributed by atoms with Gasteiger partial charge in [-0.1, -0.05) is 31.1 Å². The molecule has 2 aromatic heterocycles. The quantitative estimate of drug-likeness (QED) is 0.315. The van der Waals surface area contributed by atoms with Crippen LogP contribution in [0, 0.1) is 11.9 Å². The molecule has 3 N–H and O–H groups in total. The Kier molecular flexibility index (Phi) is 6.87. The number of aromatic nitrogens is 3. The number of nitrogens with zero attached hydrogens (tertiary/aromatic N) is 4. The Hall–Kier alpha value is -4.04. The molecule has 1 aliphatic heterocycles. The van der Waals surface area contributed by atoms with Gasteiger partial charge in [0.05, 0.1) is 0 Å². The highest BCUT2D eigenvalue weighted by Gasteiger charge is 2.24. The first kappa shape index (κ1) is 25.2. The summed E-state index contributed by atoms with van der Waals surface area (Å²) in [6, 6.07) is 13.3. The van der Waals surface area contributed by atoms with Crippen LogP contribution >= 0.6 is 0 Å². The molecule has 39 heavy (non-hydrogen) atoms. The largest absolute Gasteiger partial charge is 0.382 e. The van der Waals surface area contributed by atoms with Crippen LogP contribution in [0.1, 0.15) is 24.8 Å². The summed E-state index contributed by atoms with van der Waals surface area (Å²) >= 11 is 0. The molecule has 0 amide bonds. The summed E-state index contributed by atoms with van der Waals surface area (Å²) in [5, 5.41) is 1.30. The first-order valence-electron chi connectivity index (χ1n) is 13.7. The van der Waals surface area contributed by atoms with Crippen molar-refractivity contribution in [2.75, 3.05) is 43.4 Å². The number of hydrogen-bond donors (Lipinski definition) is 2. The van der Waals surface area contributed by atoms with Crippen molar-refractivity contribution in [1.82, 2.24) is 19.9 Å². The van der Waals surface area contributed by atoms with Crippen molar-refractivity contribution in [2.24, 2.45) is 5.92 Å². The Morgan fingerprint density at radius 1 is 1.05 bits per heavy atom. The molecular weight excluding hydrogens is 491 g/mol. The molecule has 6 rings (SSSR count). The highest BCUT2D eigenvalue weighted by molar-refractivity contribution is 5.90. The number of pyridine rings is 1. The van der Waals surface area contributed by atoms with Gasteiger partial charge in [0, 0.05) is 54.6 Å². The van der Waals surface area contributed by atoms with Crippen molar-refractivity contribution in [3.8, 4) is 22.5 Å². The zero-order valence-corrected chi connectivity index (χ0v) is 22.0. The van der Waals surface area contributed by atoms with E-state index < -0.39 is 5.95 Å². The number of allylic oxidation sites excluding steroid dienone is 1. The van der Waals surface area contributed by atoms with Gasteiger partial charge in [-0.15, -0.1) is 6.58 Å². The second-order valence-corrected chi connectivity index (χ2v) is 10.6. The predicted molar refractivity (Wildman–Crippen MR) is 155 cm³/mol. The van der Waals surface area contributed by atoms with Gasteiger partial charge in [-0.2, -0.15) is 9.37 Å². The number of nitrogen functional groups attached to an aromatic ring is 1. The van der Waals surface area contributed by atoms with Crippen LogP contribution in [-0.4, -0.2) is 52.6 Å². The van der Waals surface area contributed by atoms with E-state index in [1.807, 2.05) is 42.5 Å². The molecular formula is C31H33FN6O. The lowest BCUT2D eigenvalue weighted by molar-refractivity contribution is 0.250. The fourth-order valence-corrected chi connectivity index (χ4v) is 5.47. The van der Waals surface area contributed by atoms with E-state index in [-0.39, 0.29) is 17.1 Å². The summed E-state index contributed by atoms with van der Waals surface area (Å²) in [4.78, 5) is 28.7. The number of benzene rings is 2. The summed E-state index contributed by atoms with van der Waals surface area (Å²) in [6.07, 6.45) is 8.00. The monoisotopic (exact) mass is 524 g/mol. The number of rotatable bonds is 8. The lowest BCUT2D eigenvalue weighted by atomic mass is 9.97. The van der Waals surface area contributed by atoms with Crippen molar-refractivity contribution in [1.29, 1.82) is 0 Å². The maximum atomic E-state index is 15.1. The maximum Gasteiger partial charge on any atom is 0.255 e. The molecule has 0 spiro atoms. The molecule has 0 radical (unpaired) electrons. The average molecular weight is 525 g/mol. The molecule has 2 fully saturated rings. The number of H-pyrrole nitrogens is 1. The average Bonchev–Trinajstić information content (AvgIpc) is 3.78. The van der Waals surface area contributed by atoms with E-state index in [9.17, 15) is 4.79 Å². The Bertz CT molecular complexity index is 1570. The van der Waals surface area contributed by atoms with Crippen LogP contribution in [0.5, 0.6) is 0 Å². The molecule has 2 aliphatic rings. The van der Waals surface area contributed by atoms with E-state index in [0.717, 1.165) is 48.7 Å². The Morgan fingerprint density at radius 3 is 2.54 bits per heavy atom. The van der Waals surface area contributed by atoms with E-state index in [2.05, 4.69) is 31.3 Å². The molecule has 1 aliphatic carbocycles. The molecule has 8 heteroatoms. The summed E-state index contributed by atoms with van der Waals surface area (Å²) in [5.41, 5.74) is 9.83. The topological polar surface area (TPSA) is 91.1 Å². The van der Waals surface area contributed by atoms with Gasteiger partial charge in [0.2, 0.25) is 5.95 Å². The molecule has 1 saturated carbocycles. The minimum absolute atomic E-state index is 0.00179. The number of nitrogens with two attached hydrogens (primary N) is 1. The summed E-state index contributed by atoms with van der Waals surface area (Å²) < 4.78 is 15.1. The molecule has 7 nitrogen and oxygen atoms in total. The van der Waals surface area contributed by atoms with E-state index in [4.69, 9.17) is 5.73 Å². The van der Waals surface area contributed by atoms with E-state index in [1.54, 1.807) is 12.3 Å². The number of fused-ring (bicyclic) bond motifs is 1. The molecule has 200 valence electrons. The van der Waals surface area contributed by atoms with Gasteiger partial charge in [0.15, 0.2) is 5.82 Å². The number of aromatic amines is 1. The van der Waals surface area contributed by atoms with Gasteiger partial charge in [0.25, 0.3) is 5.56 Å². The highest BCUT2D eigenvalue weighted by Crippen LogP contribution is 2.34. The van der Waals surface area contributed by atoms with Crippen LogP contribution in [0.15, 0.2) is 66.1 Å². The van der Waals surface area contributed by atoms with Gasteiger partial charge in [0.1, 0.15) is 11.4 Å². The fraction of sp³-hybridized carbons (Fsp3) is 0.323. The minimum Gasteiger partial charge on any atom is -0.382 e. The number of anilines is 2. The first-order valence-corrected chi connectivity index (χ1v) is 13.7. The molecule has 2 aromatic carbocycles. The van der Waals surface area contributed by atoms with Crippen LogP contribution in [0.2, 0.25) is 0 Å². The summed E-state index contributed by atoms with van der Waals surface area (Å²) in [7, 11) is 0. The zero-order valence-electron chi connectivity index (χ0n) is 22.0. The van der Waals surface area contributed by atoms with Crippen LogP contribution in [0.25, 0.3) is 33.3 Å². The van der Waals surface area contributed by atoms with Gasteiger partial charge >= 0.3 is 0 Å².